The molecule has 0 spiro atoms. The first-order valence-electron chi connectivity index (χ1n) is 6.59. The number of nitrogens with one attached hydrogen (secondary N) is 2. The molecular weight excluding hydrogens is 278 g/mol. The molecule has 1 aliphatic rings. The summed E-state index contributed by atoms with van der Waals surface area (Å²) in [7, 11) is 3.19. The second-order valence-electron chi connectivity index (χ2n) is 4.96. The van der Waals surface area contributed by atoms with E-state index in [0.29, 0.717) is 29.0 Å². The standard InChI is InChI=1S/C13H21N3O3S/c1-7(6-18-2)15-13-10(19-3)9(14)11(20-13)12(17)16-8-4-5-8/h7-8,15H,4-6,14H2,1-3H3,(H,16,17). The highest BCUT2D eigenvalue weighted by Crippen LogP contribution is 2.43. The molecule has 20 heavy (non-hydrogen) atoms. The Morgan fingerprint density at radius 2 is 2.20 bits per heavy atom. The molecule has 0 radical (unpaired) electrons. The third-order valence-electron chi connectivity index (χ3n) is 3.02. The lowest BCUT2D eigenvalue weighted by molar-refractivity contribution is 0.0956. The minimum Gasteiger partial charge on any atom is -0.492 e. The maximum Gasteiger partial charge on any atom is 0.263 e. The zero-order valence-corrected chi connectivity index (χ0v) is 12.8. The van der Waals surface area contributed by atoms with Crippen LogP contribution in [-0.4, -0.2) is 38.8 Å². The number of carbonyl (C=O) groups excluding carboxylic acids is 1. The van der Waals surface area contributed by atoms with Gasteiger partial charge in [0.1, 0.15) is 15.6 Å². The molecular formula is C13H21N3O3S. The van der Waals surface area contributed by atoms with E-state index in [9.17, 15) is 4.79 Å². The van der Waals surface area contributed by atoms with Crippen LogP contribution in [0.3, 0.4) is 0 Å². The van der Waals surface area contributed by atoms with E-state index < -0.39 is 0 Å². The Morgan fingerprint density at radius 1 is 1.50 bits per heavy atom. The second-order valence-corrected chi connectivity index (χ2v) is 5.98. The lowest BCUT2D eigenvalue weighted by Crippen LogP contribution is -2.25. The number of ether oxygens (including phenoxy) is 2. The molecule has 1 unspecified atom stereocenters. The average Bonchev–Trinajstić information content (AvgIpc) is 3.14. The molecule has 1 heterocycles. The molecule has 1 atom stereocenters. The van der Waals surface area contributed by atoms with Gasteiger partial charge in [-0.25, -0.2) is 0 Å². The Kier molecular flexibility index (Phi) is 4.72. The van der Waals surface area contributed by atoms with Crippen molar-refractivity contribution < 1.29 is 14.3 Å². The van der Waals surface area contributed by atoms with Crippen LogP contribution in [0.1, 0.15) is 29.4 Å². The summed E-state index contributed by atoms with van der Waals surface area (Å²) in [5, 5.41) is 6.95. The van der Waals surface area contributed by atoms with E-state index in [1.54, 1.807) is 14.2 Å². The third-order valence-corrected chi connectivity index (χ3v) is 4.13. The summed E-state index contributed by atoms with van der Waals surface area (Å²) in [5.74, 6) is 0.402. The fourth-order valence-electron chi connectivity index (χ4n) is 1.89. The zero-order valence-electron chi connectivity index (χ0n) is 12.0. The summed E-state index contributed by atoms with van der Waals surface area (Å²) in [5.41, 5.74) is 6.41. The Morgan fingerprint density at radius 3 is 2.75 bits per heavy atom. The molecule has 112 valence electrons. The summed E-state index contributed by atoms with van der Waals surface area (Å²) in [6.45, 7) is 2.55. The van der Waals surface area contributed by atoms with Crippen molar-refractivity contribution in [3.8, 4) is 5.75 Å². The number of amides is 1. The number of hydrogen-bond acceptors (Lipinski definition) is 6. The second kappa shape index (κ2) is 6.32. The molecule has 1 aromatic heterocycles. The predicted molar refractivity (Wildman–Crippen MR) is 80.7 cm³/mol. The number of anilines is 2. The Hall–Kier alpha value is -1.47. The predicted octanol–water partition coefficient (Wildman–Crippen LogP) is 1.68. The average molecular weight is 299 g/mol. The van der Waals surface area contributed by atoms with Crippen LogP contribution in [0.2, 0.25) is 0 Å². The number of hydrogen-bond donors (Lipinski definition) is 3. The molecule has 4 N–H and O–H groups in total. The lowest BCUT2D eigenvalue weighted by atomic mass is 10.3. The van der Waals surface area contributed by atoms with Gasteiger partial charge in [-0.1, -0.05) is 0 Å². The van der Waals surface area contributed by atoms with Crippen LogP contribution in [-0.2, 0) is 4.74 Å². The Bertz CT molecular complexity index is 485. The lowest BCUT2D eigenvalue weighted by Gasteiger charge is -2.13. The van der Waals surface area contributed by atoms with Crippen molar-refractivity contribution in [3.05, 3.63) is 4.88 Å². The monoisotopic (exact) mass is 299 g/mol. The fraction of sp³-hybridized carbons (Fsp3) is 0.615. The van der Waals surface area contributed by atoms with E-state index in [-0.39, 0.29) is 11.9 Å². The molecule has 1 saturated carbocycles. The first-order chi connectivity index (χ1) is 9.56. The quantitative estimate of drug-likeness (QED) is 0.713. The van der Waals surface area contributed by atoms with E-state index in [4.69, 9.17) is 15.2 Å². The van der Waals surface area contributed by atoms with Crippen molar-refractivity contribution in [2.75, 3.05) is 31.9 Å². The van der Waals surface area contributed by atoms with Crippen molar-refractivity contribution >= 4 is 27.9 Å². The van der Waals surface area contributed by atoms with Crippen molar-refractivity contribution in [2.24, 2.45) is 0 Å². The van der Waals surface area contributed by atoms with Gasteiger partial charge in [-0.2, -0.15) is 0 Å². The number of rotatable bonds is 7. The minimum absolute atomic E-state index is 0.103. The molecule has 0 bridgehead atoms. The van der Waals surface area contributed by atoms with E-state index in [1.807, 2.05) is 6.92 Å². The van der Waals surface area contributed by atoms with Gasteiger partial charge < -0.3 is 25.8 Å². The number of thiophene rings is 1. The van der Waals surface area contributed by atoms with Gasteiger partial charge in [0, 0.05) is 19.2 Å². The minimum atomic E-state index is -0.124. The topological polar surface area (TPSA) is 85.6 Å². The molecule has 2 rings (SSSR count). The molecule has 1 amide bonds. The van der Waals surface area contributed by atoms with Gasteiger partial charge in [0.25, 0.3) is 5.91 Å². The SMILES string of the molecule is COCC(C)Nc1sc(C(=O)NC2CC2)c(N)c1OC. The van der Waals surface area contributed by atoms with Crippen molar-refractivity contribution in [1.82, 2.24) is 5.32 Å². The first-order valence-corrected chi connectivity index (χ1v) is 7.41. The van der Waals surface area contributed by atoms with Crippen molar-refractivity contribution in [2.45, 2.75) is 31.8 Å². The van der Waals surface area contributed by atoms with Crippen LogP contribution in [0.25, 0.3) is 0 Å². The Balaban J connectivity index is 2.16. The summed E-state index contributed by atoms with van der Waals surface area (Å²) >= 11 is 1.31. The highest BCUT2D eigenvalue weighted by atomic mass is 32.1. The third kappa shape index (κ3) is 3.34. The molecule has 1 fully saturated rings. The summed E-state index contributed by atoms with van der Waals surface area (Å²) in [4.78, 5) is 12.6. The fourth-order valence-corrected chi connectivity index (χ4v) is 2.99. The van der Waals surface area contributed by atoms with Crippen LogP contribution in [0.15, 0.2) is 0 Å². The zero-order chi connectivity index (χ0) is 14.7. The number of methoxy groups -OCH3 is 2. The maximum atomic E-state index is 12.1. The van der Waals surface area contributed by atoms with E-state index in [2.05, 4.69) is 10.6 Å². The van der Waals surface area contributed by atoms with Crippen LogP contribution in [0.5, 0.6) is 5.75 Å². The van der Waals surface area contributed by atoms with E-state index in [1.165, 1.54) is 11.3 Å². The molecule has 0 saturated heterocycles. The maximum absolute atomic E-state index is 12.1. The first kappa shape index (κ1) is 14.9. The molecule has 7 heteroatoms. The molecule has 0 aliphatic heterocycles. The van der Waals surface area contributed by atoms with Crippen LogP contribution in [0.4, 0.5) is 10.7 Å². The van der Waals surface area contributed by atoms with Gasteiger partial charge in [0.2, 0.25) is 0 Å². The van der Waals surface area contributed by atoms with Gasteiger partial charge in [0.05, 0.1) is 13.7 Å². The summed E-state index contributed by atoms with van der Waals surface area (Å²) in [6, 6.07) is 0.408. The number of carbonyl (C=O) groups is 1. The van der Waals surface area contributed by atoms with Gasteiger partial charge in [-0.15, -0.1) is 11.3 Å². The highest BCUT2D eigenvalue weighted by molar-refractivity contribution is 7.19. The van der Waals surface area contributed by atoms with Gasteiger partial charge in [-0.3, -0.25) is 4.79 Å². The summed E-state index contributed by atoms with van der Waals surface area (Å²) < 4.78 is 10.4. The van der Waals surface area contributed by atoms with Crippen LogP contribution >= 0.6 is 11.3 Å². The highest BCUT2D eigenvalue weighted by Gasteiger charge is 2.28. The van der Waals surface area contributed by atoms with Gasteiger partial charge >= 0.3 is 0 Å². The number of nitrogens with two attached hydrogens (primary N) is 1. The summed E-state index contributed by atoms with van der Waals surface area (Å²) in [6.07, 6.45) is 2.09. The Labute approximate surface area is 122 Å². The number of nitrogen functional groups attached to an aromatic ring is 1. The molecule has 6 nitrogen and oxygen atoms in total. The van der Waals surface area contributed by atoms with Crippen LogP contribution < -0.4 is 21.1 Å². The van der Waals surface area contributed by atoms with Crippen molar-refractivity contribution in [1.29, 1.82) is 0 Å². The van der Waals surface area contributed by atoms with E-state index >= 15 is 0 Å². The molecule has 1 aliphatic carbocycles. The van der Waals surface area contributed by atoms with Gasteiger partial charge in [-0.05, 0) is 19.8 Å². The largest absolute Gasteiger partial charge is 0.492 e. The van der Waals surface area contributed by atoms with Gasteiger partial charge in [0.15, 0.2) is 5.75 Å². The molecule has 1 aromatic rings. The smallest absolute Gasteiger partial charge is 0.263 e. The molecule has 0 aromatic carbocycles. The van der Waals surface area contributed by atoms with Crippen molar-refractivity contribution in [3.63, 3.8) is 0 Å². The normalized spacial score (nSPS) is 15.8. The van der Waals surface area contributed by atoms with Crippen LogP contribution in [0, 0.1) is 0 Å². The van der Waals surface area contributed by atoms with E-state index in [0.717, 1.165) is 17.8 Å².